The molecule has 2 fully saturated rings. The van der Waals surface area contributed by atoms with E-state index in [1.807, 2.05) is 30.3 Å². The quantitative estimate of drug-likeness (QED) is 0.201. The van der Waals surface area contributed by atoms with Crippen LogP contribution in [0, 0.1) is 11.8 Å². The summed E-state index contributed by atoms with van der Waals surface area (Å²) in [5.41, 5.74) is 5.04. The molecule has 2 aliphatic rings. The molecule has 2 nitrogen and oxygen atoms in total. The SMILES string of the molecule is CC(C)(C)c1cc(C(P)(C2CCCNC2)C2CCCNC2)[c-](CP(C(C)(C)C)C(C)(C)C)c1.[Fe].[cH-]1[cH-][cH-][cH-][cH-]1. The van der Waals surface area contributed by atoms with Crippen molar-refractivity contribution in [3.63, 3.8) is 0 Å². The third kappa shape index (κ3) is 9.24. The molecule has 228 valence electrons. The molecule has 3 unspecified atom stereocenters. The minimum atomic E-state index is -0.180. The number of hydrogen-bond acceptors (Lipinski definition) is 2. The van der Waals surface area contributed by atoms with Gasteiger partial charge in [-0.15, -0.1) is 22.7 Å². The molecule has 0 bridgehead atoms. The van der Waals surface area contributed by atoms with Gasteiger partial charge in [-0.1, -0.05) is 73.9 Å². The van der Waals surface area contributed by atoms with Gasteiger partial charge in [0.15, 0.2) is 0 Å². The molecule has 0 amide bonds. The van der Waals surface area contributed by atoms with E-state index in [0.29, 0.717) is 22.1 Å². The van der Waals surface area contributed by atoms with Gasteiger partial charge in [0.25, 0.3) is 0 Å². The average Bonchev–Trinajstić information content (AvgIpc) is 3.55. The second kappa shape index (κ2) is 14.5. The largest absolute Gasteiger partial charge is 0.748 e. The zero-order valence-corrected chi connectivity index (χ0v) is 29.6. The minimum Gasteiger partial charge on any atom is -0.748 e. The van der Waals surface area contributed by atoms with Crippen LogP contribution < -0.4 is 10.6 Å². The summed E-state index contributed by atoms with van der Waals surface area (Å²) in [6.45, 7) is 26.7. The molecule has 4 rings (SSSR count). The smallest absolute Gasteiger partial charge is 0 e. The van der Waals surface area contributed by atoms with Crippen molar-refractivity contribution in [3.05, 3.63) is 59.2 Å². The van der Waals surface area contributed by atoms with Gasteiger partial charge in [-0.2, -0.15) is 17.2 Å². The van der Waals surface area contributed by atoms with E-state index in [9.17, 15) is 0 Å². The van der Waals surface area contributed by atoms with E-state index >= 15 is 0 Å². The Morgan fingerprint density at radius 3 is 1.59 bits per heavy atom. The van der Waals surface area contributed by atoms with Crippen LogP contribution in [-0.2, 0) is 33.8 Å². The summed E-state index contributed by atoms with van der Waals surface area (Å²) in [7, 11) is 3.32. The second-order valence-corrected chi connectivity index (χ2v) is 19.7. The summed E-state index contributed by atoms with van der Waals surface area (Å²) < 4.78 is 0. The maximum Gasteiger partial charge on any atom is 0 e. The van der Waals surface area contributed by atoms with Crippen LogP contribution in [0.15, 0.2) is 42.5 Å². The molecule has 2 aliphatic heterocycles. The predicted octanol–water partition coefficient (Wildman–Crippen LogP) is 8.75. The minimum absolute atomic E-state index is 0. The van der Waals surface area contributed by atoms with Gasteiger partial charge in [-0.3, -0.25) is 0 Å². The van der Waals surface area contributed by atoms with Crippen LogP contribution in [0.4, 0.5) is 0 Å². The molecular weight excluding hydrogens is 554 g/mol. The zero-order chi connectivity index (χ0) is 28.2. The van der Waals surface area contributed by atoms with Crippen LogP contribution in [0.2, 0.25) is 0 Å². The Kier molecular flexibility index (Phi) is 13.0. The van der Waals surface area contributed by atoms with Crippen LogP contribution in [-0.4, -0.2) is 36.5 Å². The molecule has 0 radical (unpaired) electrons. The Hall–Kier alpha value is -0.000519. The van der Waals surface area contributed by atoms with Gasteiger partial charge in [0, 0.05) is 17.1 Å². The van der Waals surface area contributed by atoms with Gasteiger partial charge in [0.05, 0.1) is 0 Å². The average molecular weight is 613 g/mol. The molecule has 3 atom stereocenters. The van der Waals surface area contributed by atoms with Crippen LogP contribution in [0.5, 0.6) is 0 Å². The first-order chi connectivity index (χ1) is 17.6. The molecule has 5 heteroatoms. The van der Waals surface area contributed by atoms with Gasteiger partial charge in [-0.25, -0.2) is 6.07 Å². The molecule has 0 saturated carbocycles. The van der Waals surface area contributed by atoms with Crippen LogP contribution in [0.25, 0.3) is 0 Å². The Morgan fingerprint density at radius 2 is 1.26 bits per heavy atom. The first kappa shape index (κ1) is 35.2. The van der Waals surface area contributed by atoms with E-state index in [2.05, 4.69) is 94.3 Å². The third-order valence-corrected chi connectivity index (χ3v) is 13.9. The fourth-order valence-electron chi connectivity index (χ4n) is 6.79. The van der Waals surface area contributed by atoms with E-state index in [0.717, 1.165) is 13.1 Å². The molecule has 0 aliphatic carbocycles. The summed E-state index contributed by atoms with van der Waals surface area (Å²) in [5, 5.41) is 8.36. The summed E-state index contributed by atoms with van der Waals surface area (Å²) in [6.07, 6.45) is 6.54. The Labute approximate surface area is 256 Å². The van der Waals surface area contributed by atoms with Crippen LogP contribution >= 0.6 is 17.2 Å². The van der Waals surface area contributed by atoms with Crippen molar-refractivity contribution in [1.29, 1.82) is 0 Å². The number of piperidine rings is 2. The van der Waals surface area contributed by atoms with Crippen molar-refractivity contribution in [1.82, 2.24) is 10.6 Å². The number of rotatable bonds is 5. The predicted molar refractivity (Wildman–Crippen MR) is 175 cm³/mol. The summed E-state index contributed by atoms with van der Waals surface area (Å²) in [4.78, 5) is 0. The molecule has 0 aromatic heterocycles. The third-order valence-electron chi connectivity index (χ3n) is 8.76. The van der Waals surface area contributed by atoms with Crippen molar-refractivity contribution >= 4 is 17.2 Å². The molecular formula is C34H58FeN2P2-6. The fourth-order valence-corrected chi connectivity index (χ4v) is 11.2. The first-order valence-corrected chi connectivity index (χ1v) is 17.2. The Bertz CT molecular complexity index is 898. The van der Waals surface area contributed by atoms with E-state index < -0.39 is 0 Å². The van der Waals surface area contributed by atoms with Crippen LogP contribution in [0.3, 0.4) is 0 Å². The second-order valence-electron chi connectivity index (χ2n) is 14.8. The Balaban J connectivity index is 0.000000797. The molecule has 39 heavy (non-hydrogen) atoms. The van der Waals surface area contributed by atoms with Gasteiger partial charge in [0.1, 0.15) is 0 Å². The Morgan fingerprint density at radius 1 is 0.821 bits per heavy atom. The maximum absolute atomic E-state index is 3.77. The van der Waals surface area contributed by atoms with Crippen molar-refractivity contribution in [2.24, 2.45) is 11.8 Å². The molecule has 0 spiro atoms. The van der Waals surface area contributed by atoms with Gasteiger partial charge < -0.3 is 41.0 Å². The van der Waals surface area contributed by atoms with E-state index in [4.69, 9.17) is 0 Å². The van der Waals surface area contributed by atoms with Gasteiger partial charge >= 0.3 is 0 Å². The normalized spacial score (nSPS) is 22.4. The van der Waals surface area contributed by atoms with Crippen LogP contribution in [0.1, 0.15) is 105 Å². The monoisotopic (exact) mass is 612 g/mol. The maximum atomic E-state index is 3.77. The standard InChI is InChI=1S/C29H53N2P2.C5H5.Fe/c1-26(2,3)24-16-21(20-33(27(4,5)6)28(7,8)9)25(17-24)29(32,22-12-10-14-30-18-22)23-13-11-15-31-19-23;1-2-4-5-3-1;/h16-17,22-23,30-31H,10-15,18-20,32H2,1-9H3;1-5H;/q-1;-5;. The molecule has 2 aromatic carbocycles. The van der Waals surface area contributed by atoms with Crippen molar-refractivity contribution in [3.8, 4) is 0 Å². The fraction of sp³-hybridized carbons (Fsp3) is 0.706. The molecule has 2 heterocycles. The van der Waals surface area contributed by atoms with Gasteiger partial charge in [0.2, 0.25) is 0 Å². The summed E-state index contributed by atoms with van der Waals surface area (Å²) in [6, 6.07) is 15.3. The van der Waals surface area contributed by atoms with Crippen molar-refractivity contribution in [2.45, 2.75) is 115 Å². The molecule has 2 aromatic rings. The van der Waals surface area contributed by atoms with Gasteiger partial charge in [-0.05, 0) is 79.2 Å². The topological polar surface area (TPSA) is 24.1 Å². The zero-order valence-electron chi connectivity index (χ0n) is 26.4. The first-order valence-electron chi connectivity index (χ1n) is 15.1. The van der Waals surface area contributed by atoms with E-state index in [1.54, 1.807) is 11.1 Å². The summed E-state index contributed by atoms with van der Waals surface area (Å²) >= 11 is 0. The molecule has 2 saturated heterocycles. The number of nitrogens with one attached hydrogen (secondary N) is 2. The van der Waals surface area contributed by atoms with E-state index in [1.165, 1.54) is 50.5 Å². The summed E-state index contributed by atoms with van der Waals surface area (Å²) in [5.74, 6) is 1.37. The van der Waals surface area contributed by atoms with Crippen molar-refractivity contribution < 1.29 is 17.1 Å². The molecule has 2 N–H and O–H groups in total. The van der Waals surface area contributed by atoms with Crippen molar-refractivity contribution in [2.75, 3.05) is 26.2 Å². The van der Waals surface area contributed by atoms with E-state index in [-0.39, 0.29) is 35.6 Å². The number of hydrogen-bond donors (Lipinski definition) is 2.